The van der Waals surface area contributed by atoms with E-state index in [4.69, 9.17) is 9.47 Å². The highest BCUT2D eigenvalue weighted by atomic mass is 16.5. The number of benzene rings is 3. The van der Waals surface area contributed by atoms with Gasteiger partial charge in [-0.1, -0.05) is 61.9 Å². The summed E-state index contributed by atoms with van der Waals surface area (Å²) in [7, 11) is 0. The zero-order valence-electron chi connectivity index (χ0n) is 22.3. The number of allylic oxidation sites excluding steroid dienone is 1. The van der Waals surface area contributed by atoms with Gasteiger partial charge in [0.05, 0.1) is 6.61 Å². The van der Waals surface area contributed by atoms with Crippen LogP contribution in [0.1, 0.15) is 55.4 Å². The molecule has 0 saturated carbocycles. The third kappa shape index (κ3) is 6.26. The molecule has 0 unspecified atom stereocenters. The van der Waals surface area contributed by atoms with Crippen molar-refractivity contribution in [3.63, 3.8) is 0 Å². The van der Waals surface area contributed by atoms with Gasteiger partial charge >= 0.3 is 0 Å². The number of nitrogens with one attached hydrogen (secondary N) is 1. The van der Waals surface area contributed by atoms with E-state index in [0.717, 1.165) is 70.0 Å². The van der Waals surface area contributed by atoms with E-state index < -0.39 is 0 Å². The zero-order chi connectivity index (χ0) is 25.5. The van der Waals surface area contributed by atoms with Crippen molar-refractivity contribution in [2.75, 3.05) is 39.4 Å². The van der Waals surface area contributed by atoms with Gasteiger partial charge in [-0.3, -0.25) is 4.90 Å². The lowest BCUT2D eigenvalue weighted by Crippen LogP contribution is -2.49. The predicted octanol–water partition coefficient (Wildman–Crippen LogP) is 6.44. The number of rotatable bonds is 10. The maximum Gasteiger partial charge on any atom is 0.119 e. The Morgan fingerprint density at radius 3 is 2.35 bits per heavy atom. The first-order chi connectivity index (χ1) is 18.2. The number of aryl methyl sites for hydroxylation is 1. The molecular formula is C33H40N2O2. The highest BCUT2D eigenvalue weighted by molar-refractivity contribution is 6.00. The third-order valence-electron chi connectivity index (χ3n) is 7.59. The van der Waals surface area contributed by atoms with Gasteiger partial charge in [0.15, 0.2) is 0 Å². The summed E-state index contributed by atoms with van der Waals surface area (Å²) >= 11 is 0. The molecule has 1 aliphatic carbocycles. The first kappa shape index (κ1) is 25.6. The van der Waals surface area contributed by atoms with E-state index >= 15 is 0 Å². The van der Waals surface area contributed by atoms with Crippen molar-refractivity contribution in [2.24, 2.45) is 0 Å². The molecule has 4 heteroatoms. The van der Waals surface area contributed by atoms with Crippen molar-refractivity contribution in [1.82, 2.24) is 10.2 Å². The fourth-order valence-corrected chi connectivity index (χ4v) is 5.41. The second-order valence-corrected chi connectivity index (χ2v) is 10.2. The van der Waals surface area contributed by atoms with Crippen LogP contribution >= 0.6 is 0 Å². The molecule has 0 spiro atoms. The van der Waals surface area contributed by atoms with E-state index in [1.165, 1.54) is 33.4 Å². The summed E-state index contributed by atoms with van der Waals surface area (Å²) in [5.74, 6) is 1.92. The average molecular weight is 497 g/mol. The summed E-state index contributed by atoms with van der Waals surface area (Å²) in [5, 5.41) is 3.42. The first-order valence-corrected chi connectivity index (χ1v) is 14.0. The second kappa shape index (κ2) is 12.4. The molecule has 1 N–H and O–H groups in total. The smallest absolute Gasteiger partial charge is 0.119 e. The van der Waals surface area contributed by atoms with Crippen LogP contribution in [0.5, 0.6) is 11.5 Å². The number of unbranched alkanes of at least 4 members (excludes halogenated alkanes) is 1. The average Bonchev–Trinajstić information content (AvgIpc) is 2.96. The van der Waals surface area contributed by atoms with Crippen LogP contribution in [-0.4, -0.2) is 50.3 Å². The quantitative estimate of drug-likeness (QED) is 0.327. The van der Waals surface area contributed by atoms with Crippen molar-refractivity contribution in [1.29, 1.82) is 0 Å². The molecule has 0 bridgehead atoms. The van der Waals surface area contributed by atoms with Gasteiger partial charge in [0.1, 0.15) is 18.1 Å². The fraction of sp³-hybridized carbons (Fsp3) is 0.394. The van der Waals surface area contributed by atoms with Gasteiger partial charge in [-0.25, -0.2) is 0 Å². The standard InChI is InChI=1S/C33H40N2O2/c1-3-4-22-36-30-15-17-32-28(23-30)12-16-31(26-8-6-5-7-9-26)33(32)27-10-13-29(14-11-27)37-24-25(2)35-20-18-34-19-21-35/h5-11,13-15,17,23,25,34H,3-4,12,16,18-22,24H2,1-2H3/t25-/m1/s1. The van der Waals surface area contributed by atoms with E-state index in [-0.39, 0.29) is 0 Å². The van der Waals surface area contributed by atoms with Crippen LogP contribution < -0.4 is 14.8 Å². The van der Waals surface area contributed by atoms with Crippen molar-refractivity contribution in [2.45, 2.75) is 45.6 Å². The lowest BCUT2D eigenvalue weighted by atomic mass is 9.79. The largest absolute Gasteiger partial charge is 0.494 e. The molecule has 3 aromatic rings. The molecule has 3 aromatic carbocycles. The second-order valence-electron chi connectivity index (χ2n) is 10.2. The maximum atomic E-state index is 6.21. The Balaban J connectivity index is 1.39. The predicted molar refractivity (Wildman–Crippen MR) is 153 cm³/mol. The SMILES string of the molecule is CCCCOc1ccc2c(c1)CCC(c1ccccc1)=C2c1ccc(OC[C@@H](C)N2CCNCC2)cc1. The summed E-state index contributed by atoms with van der Waals surface area (Å²) in [6.07, 6.45) is 4.28. The molecule has 4 nitrogen and oxygen atoms in total. The summed E-state index contributed by atoms with van der Waals surface area (Å²) < 4.78 is 12.2. The normalized spacial score (nSPS) is 16.8. The summed E-state index contributed by atoms with van der Waals surface area (Å²) in [5.41, 5.74) is 7.96. The first-order valence-electron chi connectivity index (χ1n) is 14.0. The van der Waals surface area contributed by atoms with Crippen molar-refractivity contribution in [3.8, 4) is 11.5 Å². The van der Waals surface area contributed by atoms with Crippen LogP contribution in [0.4, 0.5) is 0 Å². The molecule has 37 heavy (non-hydrogen) atoms. The molecule has 5 rings (SSSR count). The van der Waals surface area contributed by atoms with Crippen LogP contribution in [0.25, 0.3) is 11.1 Å². The zero-order valence-corrected chi connectivity index (χ0v) is 22.3. The van der Waals surface area contributed by atoms with Crippen LogP contribution in [0.2, 0.25) is 0 Å². The lowest BCUT2D eigenvalue weighted by molar-refractivity contribution is 0.132. The Bertz CT molecular complexity index is 1180. The topological polar surface area (TPSA) is 33.7 Å². The Kier molecular flexibility index (Phi) is 8.60. The number of fused-ring (bicyclic) bond motifs is 1. The van der Waals surface area contributed by atoms with Gasteiger partial charge in [0.25, 0.3) is 0 Å². The van der Waals surface area contributed by atoms with Gasteiger partial charge in [0, 0.05) is 32.2 Å². The highest BCUT2D eigenvalue weighted by Gasteiger charge is 2.22. The van der Waals surface area contributed by atoms with E-state index in [1.54, 1.807) is 0 Å². The molecule has 0 amide bonds. The molecule has 0 radical (unpaired) electrons. The Labute approximate surface area is 222 Å². The molecule has 1 atom stereocenters. The molecule has 1 saturated heterocycles. The van der Waals surface area contributed by atoms with Crippen molar-refractivity contribution in [3.05, 3.63) is 95.1 Å². The molecule has 0 aromatic heterocycles. The van der Waals surface area contributed by atoms with Crippen LogP contribution in [0.15, 0.2) is 72.8 Å². The van der Waals surface area contributed by atoms with Gasteiger partial charge in [-0.15, -0.1) is 0 Å². The Hall–Kier alpha value is -3.08. The summed E-state index contributed by atoms with van der Waals surface area (Å²) in [6.45, 7) is 10.2. The van der Waals surface area contributed by atoms with Gasteiger partial charge in [-0.05, 0) is 83.9 Å². The van der Waals surface area contributed by atoms with E-state index in [9.17, 15) is 0 Å². The highest BCUT2D eigenvalue weighted by Crippen LogP contribution is 2.42. The summed E-state index contributed by atoms with van der Waals surface area (Å²) in [6, 6.07) is 26.6. The fourth-order valence-electron chi connectivity index (χ4n) is 5.41. The summed E-state index contributed by atoms with van der Waals surface area (Å²) in [4.78, 5) is 2.50. The number of ether oxygens (including phenoxy) is 2. The van der Waals surface area contributed by atoms with Crippen molar-refractivity contribution < 1.29 is 9.47 Å². The van der Waals surface area contributed by atoms with E-state index in [2.05, 4.69) is 96.9 Å². The minimum absolute atomic E-state index is 0.410. The van der Waals surface area contributed by atoms with Gasteiger partial charge in [0.2, 0.25) is 0 Å². The molecule has 1 fully saturated rings. The maximum absolute atomic E-state index is 6.21. The number of hydrogen-bond donors (Lipinski definition) is 1. The Morgan fingerprint density at radius 2 is 1.59 bits per heavy atom. The molecule has 1 aliphatic heterocycles. The van der Waals surface area contributed by atoms with Crippen LogP contribution in [0, 0.1) is 0 Å². The number of hydrogen-bond acceptors (Lipinski definition) is 4. The van der Waals surface area contributed by atoms with Crippen LogP contribution in [0.3, 0.4) is 0 Å². The van der Waals surface area contributed by atoms with Gasteiger partial charge in [-0.2, -0.15) is 0 Å². The molecular weight excluding hydrogens is 456 g/mol. The minimum atomic E-state index is 0.410. The molecule has 194 valence electrons. The molecule has 1 heterocycles. The van der Waals surface area contributed by atoms with Crippen molar-refractivity contribution >= 4 is 11.1 Å². The van der Waals surface area contributed by atoms with E-state index in [0.29, 0.717) is 12.6 Å². The van der Waals surface area contributed by atoms with Gasteiger partial charge < -0.3 is 14.8 Å². The monoisotopic (exact) mass is 496 g/mol. The minimum Gasteiger partial charge on any atom is -0.494 e. The molecule has 2 aliphatic rings. The number of nitrogens with zero attached hydrogens (tertiary/aromatic N) is 1. The third-order valence-corrected chi connectivity index (χ3v) is 7.59. The van der Waals surface area contributed by atoms with E-state index in [1.807, 2.05) is 0 Å². The Morgan fingerprint density at radius 1 is 0.838 bits per heavy atom. The van der Waals surface area contributed by atoms with Crippen LogP contribution in [-0.2, 0) is 6.42 Å². The lowest BCUT2D eigenvalue weighted by Gasteiger charge is -2.32. The number of piperazine rings is 1.